The van der Waals surface area contributed by atoms with E-state index in [4.69, 9.17) is 4.42 Å². The van der Waals surface area contributed by atoms with Gasteiger partial charge < -0.3 is 9.73 Å². The average molecular weight is 313 g/mol. The smallest absolute Gasteiger partial charge is 0.287 e. The Morgan fingerprint density at radius 1 is 1.22 bits per heavy atom. The number of benzene rings is 1. The molecule has 0 saturated heterocycles. The summed E-state index contributed by atoms with van der Waals surface area (Å²) in [5.41, 5.74) is 1.28. The van der Waals surface area contributed by atoms with Crippen LogP contribution in [0.1, 0.15) is 55.1 Å². The van der Waals surface area contributed by atoms with Crippen LogP contribution >= 0.6 is 0 Å². The Bertz CT molecular complexity index is 772. The Labute approximate surface area is 135 Å². The van der Waals surface area contributed by atoms with Crippen LogP contribution in [0, 0.1) is 12.8 Å². The van der Waals surface area contributed by atoms with E-state index >= 15 is 0 Å². The van der Waals surface area contributed by atoms with Gasteiger partial charge in [-0.05, 0) is 50.3 Å². The van der Waals surface area contributed by atoms with Gasteiger partial charge >= 0.3 is 0 Å². The molecule has 2 aromatic rings. The summed E-state index contributed by atoms with van der Waals surface area (Å²) in [6.07, 6.45) is 6.06. The summed E-state index contributed by atoms with van der Waals surface area (Å²) in [4.78, 5) is 24.6. The summed E-state index contributed by atoms with van der Waals surface area (Å²) in [6.45, 7) is 3.97. The van der Waals surface area contributed by atoms with Crippen LogP contribution < -0.4 is 10.7 Å². The number of aryl methyl sites for hydroxylation is 1. The zero-order valence-corrected chi connectivity index (χ0v) is 13.7. The van der Waals surface area contributed by atoms with Crippen molar-refractivity contribution in [1.29, 1.82) is 0 Å². The zero-order chi connectivity index (χ0) is 16.4. The molecule has 1 aromatic heterocycles. The molecule has 1 atom stereocenters. The van der Waals surface area contributed by atoms with E-state index in [2.05, 4.69) is 5.32 Å². The zero-order valence-electron chi connectivity index (χ0n) is 13.7. The van der Waals surface area contributed by atoms with Gasteiger partial charge in [-0.2, -0.15) is 0 Å². The lowest BCUT2D eigenvalue weighted by Crippen LogP contribution is -2.39. The molecule has 23 heavy (non-hydrogen) atoms. The molecule has 1 N–H and O–H groups in total. The van der Waals surface area contributed by atoms with Gasteiger partial charge in [-0.15, -0.1) is 0 Å². The minimum absolute atomic E-state index is 0.0933. The third-order valence-corrected chi connectivity index (χ3v) is 4.82. The van der Waals surface area contributed by atoms with Crippen molar-refractivity contribution in [2.24, 2.45) is 5.92 Å². The Hall–Kier alpha value is -2.10. The van der Waals surface area contributed by atoms with Crippen LogP contribution in [0.5, 0.6) is 0 Å². The van der Waals surface area contributed by atoms with E-state index in [-0.39, 0.29) is 23.1 Å². The van der Waals surface area contributed by atoms with Crippen LogP contribution in [-0.2, 0) is 0 Å². The van der Waals surface area contributed by atoms with Crippen molar-refractivity contribution in [1.82, 2.24) is 5.32 Å². The van der Waals surface area contributed by atoms with Crippen LogP contribution in [0.3, 0.4) is 0 Å². The van der Waals surface area contributed by atoms with Crippen molar-refractivity contribution in [2.45, 2.75) is 52.0 Å². The van der Waals surface area contributed by atoms with E-state index in [0.717, 1.165) is 18.4 Å². The number of hydrogen-bond acceptors (Lipinski definition) is 3. The van der Waals surface area contributed by atoms with E-state index in [1.165, 1.54) is 25.3 Å². The first-order chi connectivity index (χ1) is 11.0. The van der Waals surface area contributed by atoms with Crippen LogP contribution in [-0.4, -0.2) is 11.9 Å². The number of fused-ring (bicyclic) bond motifs is 1. The number of carbonyl (C=O) groups excluding carboxylic acids is 1. The van der Waals surface area contributed by atoms with Gasteiger partial charge in [-0.1, -0.05) is 25.3 Å². The summed E-state index contributed by atoms with van der Waals surface area (Å²) >= 11 is 0. The molecule has 0 spiro atoms. The van der Waals surface area contributed by atoms with E-state index in [1.807, 2.05) is 19.9 Å². The second kappa shape index (κ2) is 6.57. The van der Waals surface area contributed by atoms with Crippen molar-refractivity contribution in [3.8, 4) is 0 Å². The minimum atomic E-state index is -0.302. The molecule has 0 radical (unpaired) electrons. The maximum absolute atomic E-state index is 12.4. The minimum Gasteiger partial charge on any atom is -0.451 e. The fourth-order valence-corrected chi connectivity index (χ4v) is 3.40. The molecule has 1 heterocycles. The number of amides is 1. The fraction of sp³-hybridized carbons (Fsp3) is 0.474. The van der Waals surface area contributed by atoms with E-state index in [1.54, 1.807) is 12.1 Å². The maximum atomic E-state index is 12.4. The maximum Gasteiger partial charge on any atom is 0.287 e. The predicted molar refractivity (Wildman–Crippen MR) is 90.7 cm³/mol. The molecule has 1 aliphatic carbocycles. The van der Waals surface area contributed by atoms with Crippen molar-refractivity contribution in [2.75, 3.05) is 0 Å². The lowest BCUT2D eigenvalue weighted by molar-refractivity contribution is 0.0891. The van der Waals surface area contributed by atoms with Crippen molar-refractivity contribution in [3.05, 3.63) is 45.8 Å². The number of rotatable bonds is 3. The predicted octanol–water partition coefficient (Wildman–Crippen LogP) is 3.80. The van der Waals surface area contributed by atoms with Gasteiger partial charge in [0.25, 0.3) is 5.91 Å². The molecule has 1 amide bonds. The first-order valence-corrected chi connectivity index (χ1v) is 8.40. The Morgan fingerprint density at radius 3 is 2.70 bits per heavy atom. The summed E-state index contributed by atoms with van der Waals surface area (Å²) in [7, 11) is 0. The highest BCUT2D eigenvalue weighted by Crippen LogP contribution is 2.26. The molecule has 4 heteroatoms. The van der Waals surface area contributed by atoms with Gasteiger partial charge in [0.1, 0.15) is 5.58 Å². The summed E-state index contributed by atoms with van der Waals surface area (Å²) < 4.78 is 5.66. The molecule has 1 aliphatic rings. The summed E-state index contributed by atoms with van der Waals surface area (Å²) in [5.74, 6) is 0.307. The molecule has 0 aliphatic heterocycles. The van der Waals surface area contributed by atoms with E-state index in [0.29, 0.717) is 16.9 Å². The normalized spacial score (nSPS) is 17.1. The van der Waals surface area contributed by atoms with E-state index < -0.39 is 0 Å². The van der Waals surface area contributed by atoms with Gasteiger partial charge in [-0.3, -0.25) is 9.59 Å². The molecule has 0 bridgehead atoms. The van der Waals surface area contributed by atoms with Gasteiger partial charge in [0.2, 0.25) is 0 Å². The highest BCUT2D eigenvalue weighted by atomic mass is 16.3. The highest BCUT2D eigenvalue weighted by Gasteiger charge is 2.23. The number of nitrogens with one attached hydrogen (secondary N) is 1. The molecule has 122 valence electrons. The Morgan fingerprint density at radius 2 is 1.96 bits per heavy atom. The first kappa shape index (κ1) is 15.8. The lowest BCUT2D eigenvalue weighted by Gasteiger charge is -2.28. The third kappa shape index (κ3) is 3.46. The van der Waals surface area contributed by atoms with Crippen LogP contribution in [0.25, 0.3) is 11.0 Å². The molecule has 1 saturated carbocycles. The van der Waals surface area contributed by atoms with Gasteiger partial charge in [0.15, 0.2) is 11.2 Å². The quantitative estimate of drug-likeness (QED) is 0.937. The second-order valence-corrected chi connectivity index (χ2v) is 6.63. The monoisotopic (exact) mass is 313 g/mol. The van der Waals surface area contributed by atoms with Crippen molar-refractivity contribution < 1.29 is 9.21 Å². The molecule has 3 rings (SSSR count). The highest BCUT2D eigenvalue weighted by molar-refractivity contribution is 5.93. The molecule has 0 unspecified atom stereocenters. The summed E-state index contributed by atoms with van der Waals surface area (Å²) in [6, 6.07) is 6.78. The molecule has 1 fully saturated rings. The molecular weight excluding hydrogens is 290 g/mol. The molecular formula is C19H23NO3. The third-order valence-electron chi connectivity index (χ3n) is 4.82. The standard InChI is InChI=1S/C19H23NO3/c1-12-8-9-15-16(21)11-18(23-17(15)10-12)19(22)20-13(2)14-6-4-3-5-7-14/h8-11,13-14H,3-7H2,1-2H3,(H,20,22)/t13-/m0/s1. The first-order valence-electron chi connectivity index (χ1n) is 8.40. The Kier molecular flexibility index (Phi) is 4.51. The Balaban J connectivity index is 1.81. The fourth-order valence-electron chi connectivity index (χ4n) is 3.40. The van der Waals surface area contributed by atoms with Crippen LogP contribution in [0.15, 0.2) is 33.5 Å². The SMILES string of the molecule is Cc1ccc2c(=O)cc(C(=O)N[C@@H](C)C3CCCCC3)oc2c1. The van der Waals surface area contributed by atoms with Gasteiger partial charge in [0, 0.05) is 12.1 Å². The van der Waals surface area contributed by atoms with Gasteiger partial charge in [0.05, 0.1) is 5.39 Å². The lowest BCUT2D eigenvalue weighted by atomic mass is 9.84. The largest absolute Gasteiger partial charge is 0.451 e. The summed E-state index contributed by atoms with van der Waals surface area (Å²) in [5, 5.41) is 3.51. The molecule has 1 aromatic carbocycles. The van der Waals surface area contributed by atoms with Crippen molar-refractivity contribution in [3.63, 3.8) is 0 Å². The van der Waals surface area contributed by atoms with Crippen molar-refractivity contribution >= 4 is 16.9 Å². The van der Waals surface area contributed by atoms with Crippen LogP contribution in [0.4, 0.5) is 0 Å². The van der Waals surface area contributed by atoms with Gasteiger partial charge in [-0.25, -0.2) is 0 Å². The molecule has 4 nitrogen and oxygen atoms in total. The number of carbonyl (C=O) groups is 1. The number of hydrogen-bond donors (Lipinski definition) is 1. The average Bonchev–Trinajstić information content (AvgIpc) is 2.55. The second-order valence-electron chi connectivity index (χ2n) is 6.63. The topological polar surface area (TPSA) is 59.3 Å². The van der Waals surface area contributed by atoms with E-state index in [9.17, 15) is 9.59 Å². The van der Waals surface area contributed by atoms with Crippen LogP contribution in [0.2, 0.25) is 0 Å².